The minimum absolute atomic E-state index is 0.0623. The van der Waals surface area contributed by atoms with Gasteiger partial charge >= 0.3 is 5.51 Å². The quantitative estimate of drug-likeness (QED) is 0.266. The number of hydrogen-bond acceptors (Lipinski definition) is 10. The van der Waals surface area contributed by atoms with E-state index in [9.17, 15) is 32.7 Å². The molecule has 0 atom stereocenters. The van der Waals surface area contributed by atoms with Crippen LogP contribution in [0.3, 0.4) is 0 Å². The maximum Gasteiger partial charge on any atom is 0.446 e. The molecule has 18 heteroatoms. The second-order valence-electron chi connectivity index (χ2n) is 10.4. The molecule has 1 saturated heterocycles. The van der Waals surface area contributed by atoms with Crippen LogP contribution in [0.1, 0.15) is 23.1 Å². The van der Waals surface area contributed by atoms with Gasteiger partial charge in [0.15, 0.2) is 5.69 Å². The number of aromatic hydroxyl groups is 1. The SMILES string of the molecule is CCc1c(N2CCN(C(=O)c3ncccc3O)CC2)c(=O)n2nc(N(C)C)nc2n1CC(=O)Nc1ccc(SC(F)(F)F)cc1Cl. The van der Waals surface area contributed by atoms with Crippen LogP contribution < -0.4 is 20.7 Å². The fraction of sp³-hybridized carbons (Fsp3) is 0.357. The van der Waals surface area contributed by atoms with Crippen LogP contribution in [0.2, 0.25) is 5.02 Å². The van der Waals surface area contributed by atoms with Gasteiger partial charge in [-0.25, -0.2) is 4.98 Å². The maximum absolute atomic E-state index is 13.9. The van der Waals surface area contributed by atoms with Gasteiger partial charge in [-0.15, -0.1) is 5.10 Å². The number of fused-ring (bicyclic) bond motifs is 1. The minimum atomic E-state index is -4.49. The molecule has 0 aliphatic carbocycles. The molecule has 13 nitrogen and oxygen atoms in total. The van der Waals surface area contributed by atoms with Crippen LogP contribution in [0.15, 0.2) is 46.2 Å². The van der Waals surface area contributed by atoms with E-state index in [1.54, 1.807) is 23.6 Å². The van der Waals surface area contributed by atoms with E-state index >= 15 is 0 Å². The summed E-state index contributed by atoms with van der Waals surface area (Å²) < 4.78 is 41.1. The molecule has 4 aromatic rings. The Morgan fingerprint density at radius 2 is 1.87 bits per heavy atom. The smallest absolute Gasteiger partial charge is 0.446 e. The number of halogens is 4. The second kappa shape index (κ2) is 13.1. The van der Waals surface area contributed by atoms with Gasteiger partial charge in [-0.1, -0.05) is 18.5 Å². The van der Waals surface area contributed by atoms with Crippen LogP contribution in [0.5, 0.6) is 5.75 Å². The van der Waals surface area contributed by atoms with E-state index in [2.05, 4.69) is 20.4 Å². The predicted octanol–water partition coefficient (Wildman–Crippen LogP) is 3.49. The van der Waals surface area contributed by atoms with Crippen LogP contribution >= 0.6 is 23.4 Å². The van der Waals surface area contributed by atoms with Gasteiger partial charge in [-0.05, 0) is 48.5 Å². The molecule has 244 valence electrons. The maximum atomic E-state index is 13.9. The lowest BCUT2D eigenvalue weighted by Crippen LogP contribution is -2.51. The van der Waals surface area contributed by atoms with Crippen molar-refractivity contribution in [3.05, 3.63) is 63.3 Å². The summed E-state index contributed by atoms with van der Waals surface area (Å²) >= 11 is 5.88. The fourth-order valence-electron chi connectivity index (χ4n) is 5.08. The van der Waals surface area contributed by atoms with Crippen molar-refractivity contribution in [1.29, 1.82) is 0 Å². The number of nitrogens with zero attached hydrogens (tertiary/aromatic N) is 8. The Bertz CT molecular complexity index is 1860. The van der Waals surface area contributed by atoms with Crippen molar-refractivity contribution < 1.29 is 27.9 Å². The first kappa shape index (κ1) is 32.9. The summed E-state index contributed by atoms with van der Waals surface area (Å²) in [6.07, 6.45) is 1.74. The number of nitrogens with one attached hydrogen (secondary N) is 1. The third-order valence-electron chi connectivity index (χ3n) is 7.17. The first-order chi connectivity index (χ1) is 21.8. The molecule has 46 heavy (non-hydrogen) atoms. The Hall–Kier alpha value is -4.51. The van der Waals surface area contributed by atoms with Crippen LogP contribution in [-0.4, -0.2) is 91.8 Å². The van der Waals surface area contributed by atoms with Gasteiger partial charge in [-0.2, -0.15) is 22.7 Å². The summed E-state index contributed by atoms with van der Waals surface area (Å²) in [4.78, 5) is 53.6. The normalized spacial score (nSPS) is 13.7. The molecule has 1 aliphatic rings. The molecule has 3 aromatic heterocycles. The molecule has 2 amide bonds. The fourth-order valence-corrected chi connectivity index (χ4v) is 5.95. The number of piperazine rings is 1. The molecule has 4 heterocycles. The summed E-state index contributed by atoms with van der Waals surface area (Å²) in [6, 6.07) is 6.51. The molecule has 0 bridgehead atoms. The van der Waals surface area contributed by atoms with E-state index in [1.165, 1.54) is 35.4 Å². The highest BCUT2D eigenvalue weighted by Crippen LogP contribution is 2.39. The van der Waals surface area contributed by atoms with Gasteiger partial charge in [0.25, 0.3) is 11.5 Å². The van der Waals surface area contributed by atoms with Crippen molar-refractivity contribution >= 4 is 58.3 Å². The van der Waals surface area contributed by atoms with Crippen LogP contribution in [0.25, 0.3) is 5.78 Å². The minimum Gasteiger partial charge on any atom is -0.505 e. The number of pyridine rings is 1. The van der Waals surface area contributed by atoms with Gasteiger partial charge in [0.1, 0.15) is 18.0 Å². The third-order valence-corrected chi connectivity index (χ3v) is 8.21. The van der Waals surface area contributed by atoms with Crippen molar-refractivity contribution in [1.82, 2.24) is 29.0 Å². The molecule has 1 fully saturated rings. The standard InChI is InChI=1S/C28H29ClF3N9O4S/c1-4-19-23(38-10-12-39(13-11-38)24(44)22-20(42)6-5-9-33-22)25(45)41-27(35-26(36-41)37(2)3)40(19)15-21(43)34-18-8-7-16(14-17(18)29)46-28(30,31)32/h5-9,14,42H,4,10-13,15H2,1-3H3,(H,34,43). The molecule has 0 radical (unpaired) electrons. The number of thioether (sulfide) groups is 1. The Kier molecular flexibility index (Phi) is 9.34. The van der Waals surface area contributed by atoms with E-state index < -0.39 is 22.9 Å². The average molecular weight is 680 g/mol. The number of aromatic nitrogens is 5. The van der Waals surface area contributed by atoms with Crippen molar-refractivity contribution in [2.24, 2.45) is 0 Å². The Morgan fingerprint density at radius 3 is 2.48 bits per heavy atom. The molecule has 5 rings (SSSR count). The molecule has 1 aromatic carbocycles. The lowest BCUT2D eigenvalue weighted by Gasteiger charge is -2.36. The van der Waals surface area contributed by atoms with Crippen LogP contribution in [-0.2, 0) is 17.8 Å². The zero-order valence-electron chi connectivity index (χ0n) is 24.9. The Morgan fingerprint density at radius 1 is 1.15 bits per heavy atom. The highest BCUT2D eigenvalue weighted by Gasteiger charge is 2.31. The van der Waals surface area contributed by atoms with Gasteiger partial charge in [0.2, 0.25) is 17.6 Å². The number of anilines is 3. The van der Waals surface area contributed by atoms with E-state index in [1.807, 2.05) is 11.8 Å². The molecule has 0 unspecified atom stereocenters. The molecular formula is C28H29ClF3N9O4S. The van der Waals surface area contributed by atoms with Gasteiger partial charge in [0.05, 0.1) is 16.4 Å². The molecule has 0 saturated carbocycles. The lowest BCUT2D eigenvalue weighted by atomic mass is 10.2. The number of amides is 2. The first-order valence-corrected chi connectivity index (χ1v) is 15.2. The summed E-state index contributed by atoms with van der Waals surface area (Å²) in [6.45, 7) is 2.51. The largest absolute Gasteiger partial charge is 0.505 e. The Labute approximate surface area is 269 Å². The van der Waals surface area contributed by atoms with E-state index in [0.29, 0.717) is 12.1 Å². The van der Waals surface area contributed by atoms with Crippen molar-refractivity contribution in [3.63, 3.8) is 0 Å². The van der Waals surface area contributed by atoms with Gasteiger partial charge in [0, 0.05) is 51.4 Å². The molecule has 2 N–H and O–H groups in total. The Balaban J connectivity index is 1.45. The number of carbonyl (C=O) groups is 2. The number of carbonyl (C=O) groups excluding carboxylic acids is 2. The van der Waals surface area contributed by atoms with Crippen molar-refractivity contribution in [2.45, 2.75) is 30.3 Å². The summed E-state index contributed by atoms with van der Waals surface area (Å²) in [5.74, 6) is -0.878. The van der Waals surface area contributed by atoms with E-state index in [4.69, 9.17) is 11.6 Å². The zero-order valence-corrected chi connectivity index (χ0v) is 26.4. The number of hydrogen-bond donors (Lipinski definition) is 2. The summed E-state index contributed by atoms with van der Waals surface area (Å²) in [5.41, 5.74) is -4.11. The molecule has 0 spiro atoms. The van der Waals surface area contributed by atoms with E-state index in [0.717, 1.165) is 10.6 Å². The highest BCUT2D eigenvalue weighted by molar-refractivity contribution is 8.00. The van der Waals surface area contributed by atoms with Crippen molar-refractivity contribution in [3.8, 4) is 5.75 Å². The van der Waals surface area contributed by atoms with Gasteiger partial charge < -0.3 is 29.7 Å². The zero-order chi connectivity index (χ0) is 33.3. The average Bonchev–Trinajstić information content (AvgIpc) is 3.46. The first-order valence-electron chi connectivity index (χ1n) is 14.0. The molecule has 1 aliphatic heterocycles. The van der Waals surface area contributed by atoms with Crippen LogP contribution in [0.4, 0.5) is 30.5 Å². The summed E-state index contributed by atoms with van der Waals surface area (Å²) in [5, 5.41) is 17.0. The van der Waals surface area contributed by atoms with Crippen LogP contribution in [0, 0.1) is 0 Å². The topological polar surface area (TPSA) is 141 Å². The van der Waals surface area contributed by atoms with Gasteiger partial charge in [-0.3, -0.25) is 14.4 Å². The third kappa shape index (κ3) is 6.84. The molecular weight excluding hydrogens is 651 g/mol. The van der Waals surface area contributed by atoms with E-state index in [-0.39, 0.29) is 88.9 Å². The summed E-state index contributed by atoms with van der Waals surface area (Å²) in [7, 11) is 3.41. The highest BCUT2D eigenvalue weighted by atomic mass is 35.5. The number of benzene rings is 1. The number of rotatable bonds is 8. The second-order valence-corrected chi connectivity index (χ2v) is 12.0. The monoisotopic (exact) mass is 679 g/mol. The number of alkyl halides is 3. The predicted molar refractivity (Wildman–Crippen MR) is 167 cm³/mol. The van der Waals surface area contributed by atoms with Crippen molar-refractivity contribution in [2.75, 3.05) is 55.4 Å². The lowest BCUT2D eigenvalue weighted by molar-refractivity contribution is -0.116.